The van der Waals surface area contributed by atoms with E-state index in [0.717, 1.165) is 15.9 Å². The quantitative estimate of drug-likeness (QED) is 0.465. The summed E-state index contributed by atoms with van der Waals surface area (Å²) in [7, 11) is 3.00. The molecule has 3 rings (SSSR count). The molecule has 0 saturated heterocycles. The van der Waals surface area contributed by atoms with Crippen LogP contribution >= 0.6 is 17.2 Å². The Hall–Kier alpha value is -2.35. The number of hydrogen-bond donors (Lipinski definition) is 0. The van der Waals surface area contributed by atoms with Crippen molar-refractivity contribution in [3.05, 3.63) is 84.9 Å². The number of halogens is 1. The van der Waals surface area contributed by atoms with E-state index in [4.69, 9.17) is 20.7 Å². The van der Waals surface area contributed by atoms with Crippen LogP contribution < -0.4 is 20.7 Å². The molecule has 5 heteroatoms. The first-order chi connectivity index (χ1) is 13.0. The first-order valence-electron chi connectivity index (χ1n) is 8.59. The number of rotatable bonds is 6. The molecule has 0 aliphatic rings. The van der Waals surface area contributed by atoms with Crippen molar-refractivity contribution in [1.29, 1.82) is 0 Å². The van der Waals surface area contributed by atoms with Gasteiger partial charge in [-0.3, -0.25) is 0 Å². The van der Waals surface area contributed by atoms with Crippen LogP contribution in [0, 0.1) is 0 Å². The molecule has 0 heterocycles. The fourth-order valence-electron chi connectivity index (χ4n) is 3.49. The van der Waals surface area contributed by atoms with Crippen LogP contribution in [0.25, 0.3) is 0 Å². The summed E-state index contributed by atoms with van der Waals surface area (Å²) in [5.41, 5.74) is 0. The maximum atomic E-state index is 12.6. The van der Waals surface area contributed by atoms with Crippen molar-refractivity contribution in [1.82, 2.24) is 0 Å². The van der Waals surface area contributed by atoms with Crippen molar-refractivity contribution in [2.75, 3.05) is 20.4 Å². The van der Waals surface area contributed by atoms with Crippen molar-refractivity contribution in [2.45, 2.75) is 0 Å². The molecule has 0 aliphatic heterocycles. The van der Waals surface area contributed by atoms with Crippen LogP contribution in [0.1, 0.15) is 0 Å². The predicted octanol–water partition coefficient (Wildman–Crippen LogP) is 3.85. The van der Waals surface area contributed by atoms with Gasteiger partial charge in [0.2, 0.25) is 0 Å². The van der Waals surface area contributed by atoms with Gasteiger partial charge in [-0.05, 0) is 0 Å². The van der Waals surface area contributed by atoms with Gasteiger partial charge in [-0.1, -0.05) is 0 Å². The fourth-order valence-corrected chi connectivity index (χ4v) is 9.50. The van der Waals surface area contributed by atoms with E-state index < -0.39 is 5.96 Å². The van der Waals surface area contributed by atoms with Crippen LogP contribution in [0.2, 0.25) is 0 Å². The van der Waals surface area contributed by atoms with Gasteiger partial charge < -0.3 is 0 Å². The van der Waals surface area contributed by atoms with E-state index in [0.29, 0.717) is 5.75 Å². The Morgan fingerprint density at radius 1 is 0.815 bits per heavy atom. The molecule has 0 spiro atoms. The number of para-hydroxylation sites is 1. The second-order valence-corrected chi connectivity index (χ2v) is 12.7. The fraction of sp³-hybridized carbons (Fsp3) is 0.136. The summed E-state index contributed by atoms with van der Waals surface area (Å²) in [4.78, 5) is 12.6. The molecule has 27 heavy (non-hydrogen) atoms. The number of methoxy groups -OCH3 is 2. The number of hydrogen-bond acceptors (Lipinski definition) is 3. The van der Waals surface area contributed by atoms with Gasteiger partial charge in [0.1, 0.15) is 0 Å². The van der Waals surface area contributed by atoms with Crippen molar-refractivity contribution in [3.8, 4) is 5.75 Å². The molecule has 0 amide bonds. The van der Waals surface area contributed by atoms with E-state index in [-0.39, 0.29) is 12.1 Å². The van der Waals surface area contributed by atoms with Crippen LogP contribution in [-0.2, 0) is 9.53 Å². The Morgan fingerprint density at radius 2 is 1.30 bits per heavy atom. The van der Waals surface area contributed by atoms with Gasteiger partial charge in [0.05, 0.1) is 0 Å². The first-order valence-corrected chi connectivity index (χ1v) is 11.9. The van der Waals surface area contributed by atoms with Gasteiger partial charge >= 0.3 is 164 Å². The molecule has 3 aromatic carbocycles. The SMILES string of the molecule is COC(=O)CP(Cl)(c1ccccc1)(c1ccccc1)c1ccccc1OC. The van der Waals surface area contributed by atoms with Crippen molar-refractivity contribution < 1.29 is 14.3 Å². The van der Waals surface area contributed by atoms with Crippen LogP contribution in [0.3, 0.4) is 0 Å². The monoisotopic (exact) mass is 400 g/mol. The third-order valence-electron chi connectivity index (χ3n) is 4.83. The van der Waals surface area contributed by atoms with Crippen LogP contribution in [0.4, 0.5) is 0 Å². The molecule has 0 radical (unpaired) electrons. The summed E-state index contributed by atoms with van der Waals surface area (Å²) in [6, 6.07) is 27.2. The van der Waals surface area contributed by atoms with E-state index in [9.17, 15) is 4.79 Å². The third-order valence-corrected chi connectivity index (χ3v) is 11.9. The molecule has 0 unspecified atom stereocenters. The summed E-state index contributed by atoms with van der Waals surface area (Å²) >= 11 is 7.78. The molecule has 0 N–H and O–H groups in total. The van der Waals surface area contributed by atoms with E-state index in [1.807, 2.05) is 84.9 Å². The maximum absolute atomic E-state index is 12.6. The molecule has 0 aromatic heterocycles. The average molecular weight is 401 g/mol. The molecule has 0 aliphatic carbocycles. The standard InChI is InChI=1S/C22H22ClO3P/c1-25-20-15-9-10-16-21(20)27(23,17-22(24)26-2,18-11-5-3-6-12-18)19-13-7-4-8-14-19/h3-16H,17H2,1-2H3. The third kappa shape index (κ3) is 3.22. The molecular weight excluding hydrogens is 379 g/mol. The number of ether oxygens (including phenoxy) is 2. The van der Waals surface area contributed by atoms with E-state index in [1.165, 1.54) is 7.11 Å². The van der Waals surface area contributed by atoms with Crippen molar-refractivity contribution >= 4 is 39.1 Å². The molecular formula is C22H22ClO3P. The Balaban J connectivity index is 2.49. The Kier molecular flexibility index (Phi) is 5.55. The molecule has 0 fully saturated rings. The number of carbonyl (C=O) groups excluding carboxylic acids is 1. The minimum atomic E-state index is -3.72. The van der Waals surface area contributed by atoms with E-state index in [1.54, 1.807) is 7.11 Å². The number of esters is 1. The first kappa shape index (κ1) is 19.4. The summed E-state index contributed by atoms with van der Waals surface area (Å²) in [6.45, 7) is 0. The van der Waals surface area contributed by atoms with Crippen molar-refractivity contribution in [2.24, 2.45) is 0 Å². The van der Waals surface area contributed by atoms with Gasteiger partial charge in [-0.2, -0.15) is 0 Å². The van der Waals surface area contributed by atoms with Crippen molar-refractivity contribution in [3.63, 3.8) is 0 Å². The summed E-state index contributed by atoms with van der Waals surface area (Å²) in [6.07, 6.45) is 0.0397. The van der Waals surface area contributed by atoms with Gasteiger partial charge in [0.25, 0.3) is 0 Å². The van der Waals surface area contributed by atoms with Crippen LogP contribution in [0.5, 0.6) is 5.75 Å². The zero-order valence-electron chi connectivity index (χ0n) is 15.3. The zero-order valence-corrected chi connectivity index (χ0v) is 17.0. The van der Waals surface area contributed by atoms with Gasteiger partial charge in [-0.25, -0.2) is 0 Å². The molecule has 0 atom stereocenters. The van der Waals surface area contributed by atoms with Crippen LogP contribution in [-0.4, -0.2) is 26.4 Å². The normalized spacial score (nSPS) is 12.6. The zero-order chi connectivity index (χ0) is 19.4. The summed E-state index contributed by atoms with van der Waals surface area (Å²) in [5.74, 6) is -3.42. The molecule has 140 valence electrons. The molecule has 0 bridgehead atoms. The van der Waals surface area contributed by atoms with Gasteiger partial charge in [0, 0.05) is 0 Å². The van der Waals surface area contributed by atoms with E-state index >= 15 is 0 Å². The summed E-state index contributed by atoms with van der Waals surface area (Å²) in [5, 5.41) is 2.60. The Morgan fingerprint density at radius 3 is 1.78 bits per heavy atom. The second-order valence-electron chi connectivity index (χ2n) is 6.26. The Labute approximate surface area is 164 Å². The average Bonchev–Trinajstić information content (AvgIpc) is 2.75. The van der Waals surface area contributed by atoms with Crippen LogP contribution in [0.15, 0.2) is 84.9 Å². The number of benzene rings is 3. The molecule has 3 aromatic rings. The Bertz CT molecular complexity index is 889. The van der Waals surface area contributed by atoms with E-state index in [2.05, 4.69) is 0 Å². The van der Waals surface area contributed by atoms with Gasteiger partial charge in [-0.15, -0.1) is 0 Å². The number of carbonyl (C=O) groups is 1. The predicted molar refractivity (Wildman–Crippen MR) is 114 cm³/mol. The van der Waals surface area contributed by atoms with Gasteiger partial charge in [0.15, 0.2) is 0 Å². The second kappa shape index (κ2) is 7.72. The molecule has 0 saturated carbocycles. The summed E-state index contributed by atoms with van der Waals surface area (Å²) < 4.78 is 10.7. The minimum absolute atomic E-state index is 0.0397. The topological polar surface area (TPSA) is 35.5 Å². The molecule has 3 nitrogen and oxygen atoms in total.